The molecule has 1 aliphatic carbocycles. The second-order valence-electron chi connectivity index (χ2n) is 10.8. The molecule has 4 aliphatic rings. The number of aromatic nitrogens is 2. The molecule has 6 rings (SSSR count). The first-order chi connectivity index (χ1) is 17.5. The fourth-order valence-electron chi connectivity index (χ4n) is 6.29. The van der Waals surface area contributed by atoms with Crippen LogP contribution in [0.4, 0.5) is 11.6 Å². The van der Waals surface area contributed by atoms with Crippen LogP contribution in [-0.4, -0.2) is 56.9 Å². The van der Waals surface area contributed by atoms with E-state index in [-0.39, 0.29) is 30.2 Å². The van der Waals surface area contributed by atoms with Crippen LogP contribution in [0, 0.1) is 16.7 Å². The Labute approximate surface area is 210 Å². The van der Waals surface area contributed by atoms with Gasteiger partial charge in [-0.3, -0.25) is 20.0 Å². The normalized spacial score (nSPS) is 30.4. The molecule has 5 heterocycles. The number of hydrogen-bond acceptors (Lipinski definition) is 9. The van der Waals surface area contributed by atoms with E-state index < -0.39 is 11.2 Å². The minimum Gasteiger partial charge on any atom is -0.367 e. The number of nitrogens with one attached hydrogen (secondary N) is 4. The van der Waals surface area contributed by atoms with Gasteiger partial charge in [-0.25, -0.2) is 10.4 Å². The van der Waals surface area contributed by atoms with Crippen LogP contribution in [0.1, 0.15) is 58.3 Å². The summed E-state index contributed by atoms with van der Waals surface area (Å²) < 4.78 is 0. The summed E-state index contributed by atoms with van der Waals surface area (Å²) in [5.41, 5.74) is 6.27. The van der Waals surface area contributed by atoms with Crippen LogP contribution in [0.15, 0.2) is 24.4 Å². The lowest BCUT2D eigenvalue weighted by molar-refractivity contribution is -0.150. The van der Waals surface area contributed by atoms with Crippen LogP contribution in [0.5, 0.6) is 0 Å². The van der Waals surface area contributed by atoms with Gasteiger partial charge in [0.1, 0.15) is 23.1 Å². The van der Waals surface area contributed by atoms with Crippen molar-refractivity contribution in [1.29, 1.82) is 5.26 Å². The van der Waals surface area contributed by atoms with E-state index in [4.69, 9.17) is 4.98 Å². The number of Topliss-reactive ketones (excluding diaryl/α,β-unsaturated/α-hetero) is 1. The van der Waals surface area contributed by atoms with E-state index in [9.17, 15) is 14.9 Å². The third-order valence-corrected chi connectivity index (χ3v) is 8.26. The van der Waals surface area contributed by atoms with E-state index in [0.29, 0.717) is 18.9 Å². The van der Waals surface area contributed by atoms with E-state index in [0.717, 1.165) is 61.1 Å². The number of fused-ring (bicyclic) bond motifs is 3. The van der Waals surface area contributed by atoms with Gasteiger partial charge in [0.25, 0.3) is 0 Å². The Morgan fingerprint density at radius 3 is 2.61 bits per heavy atom. The molecule has 10 heteroatoms. The van der Waals surface area contributed by atoms with Gasteiger partial charge < -0.3 is 15.5 Å². The van der Waals surface area contributed by atoms with Crippen LogP contribution in [-0.2, 0) is 9.59 Å². The number of ketones is 1. The van der Waals surface area contributed by atoms with Crippen molar-refractivity contribution in [3.05, 3.63) is 24.4 Å². The molecule has 10 nitrogen and oxygen atoms in total. The monoisotopic (exact) mass is 488 g/mol. The molecule has 36 heavy (non-hydrogen) atoms. The number of carbonyl (C=O) groups excluding carboxylic acids is 2. The van der Waals surface area contributed by atoms with E-state index in [1.165, 1.54) is 0 Å². The Morgan fingerprint density at radius 2 is 1.94 bits per heavy atom. The minimum atomic E-state index is -1.08. The van der Waals surface area contributed by atoms with Crippen LogP contribution in [0.3, 0.4) is 0 Å². The van der Waals surface area contributed by atoms with Gasteiger partial charge in [0.2, 0.25) is 11.7 Å². The molecule has 2 bridgehead atoms. The highest BCUT2D eigenvalue weighted by Crippen LogP contribution is 2.50. The topological polar surface area (TPSA) is 135 Å². The molecule has 188 valence electrons. The second kappa shape index (κ2) is 8.98. The summed E-state index contributed by atoms with van der Waals surface area (Å²) in [5.74, 6) is 0.867. The van der Waals surface area contributed by atoms with Crippen molar-refractivity contribution < 1.29 is 9.59 Å². The zero-order valence-electron chi connectivity index (χ0n) is 20.5. The first-order valence-corrected chi connectivity index (χ1v) is 13.0. The van der Waals surface area contributed by atoms with Gasteiger partial charge in [0, 0.05) is 41.8 Å². The van der Waals surface area contributed by atoms with E-state index in [1.807, 2.05) is 23.1 Å². The molecule has 1 amide bonds. The second-order valence-corrected chi connectivity index (χ2v) is 10.8. The molecule has 5 atom stereocenters. The lowest BCUT2D eigenvalue weighted by Gasteiger charge is -2.50. The number of hydrogen-bond donors (Lipinski definition) is 4. The number of nitrogens with zero attached hydrogens (tertiary/aromatic N) is 4. The molecule has 3 unspecified atom stereocenters. The van der Waals surface area contributed by atoms with Crippen molar-refractivity contribution in [3.63, 3.8) is 0 Å². The number of amides is 1. The van der Waals surface area contributed by atoms with Crippen molar-refractivity contribution in [2.45, 2.75) is 88.6 Å². The number of hydrazine groups is 1. The summed E-state index contributed by atoms with van der Waals surface area (Å²) in [6.07, 6.45) is 8.34. The maximum atomic E-state index is 13.5. The lowest BCUT2D eigenvalue weighted by Crippen LogP contribution is -2.59. The molecule has 4 N–H and O–H groups in total. The summed E-state index contributed by atoms with van der Waals surface area (Å²) in [7, 11) is 0. The number of nitriles is 1. The summed E-state index contributed by atoms with van der Waals surface area (Å²) in [6.45, 7) is 2.13. The number of anilines is 2. The van der Waals surface area contributed by atoms with E-state index >= 15 is 0 Å². The highest BCUT2D eigenvalue weighted by atomic mass is 16.2. The van der Waals surface area contributed by atoms with Crippen LogP contribution < -0.4 is 21.5 Å². The Balaban J connectivity index is 1.22. The van der Waals surface area contributed by atoms with Gasteiger partial charge in [-0.2, -0.15) is 5.26 Å². The van der Waals surface area contributed by atoms with Gasteiger partial charge in [-0.1, -0.05) is 0 Å². The number of carbonyl (C=O) groups is 2. The zero-order chi connectivity index (χ0) is 24.9. The summed E-state index contributed by atoms with van der Waals surface area (Å²) in [6, 6.07) is 8.33. The van der Waals surface area contributed by atoms with Gasteiger partial charge >= 0.3 is 0 Å². The molecule has 0 spiro atoms. The van der Waals surface area contributed by atoms with E-state index in [2.05, 4.69) is 33.4 Å². The Bertz CT molecular complexity index is 1220. The maximum Gasteiger partial charge on any atom is 0.247 e. The maximum absolute atomic E-state index is 13.5. The summed E-state index contributed by atoms with van der Waals surface area (Å²) >= 11 is 0. The first kappa shape index (κ1) is 23.1. The molecule has 2 aromatic rings. The third-order valence-electron chi connectivity index (χ3n) is 8.26. The predicted octanol–water partition coefficient (Wildman–Crippen LogP) is 2.45. The molecular formula is C26H32N8O2. The minimum absolute atomic E-state index is 0.0763. The van der Waals surface area contributed by atoms with Gasteiger partial charge in [-0.05, 0) is 70.4 Å². The third kappa shape index (κ3) is 4.06. The quantitative estimate of drug-likeness (QED) is 0.357. The first-order valence-electron chi connectivity index (χ1n) is 13.0. The van der Waals surface area contributed by atoms with Crippen molar-refractivity contribution in [2.24, 2.45) is 5.41 Å². The van der Waals surface area contributed by atoms with Crippen molar-refractivity contribution in [2.75, 3.05) is 10.6 Å². The fourth-order valence-corrected chi connectivity index (χ4v) is 6.29. The average molecular weight is 489 g/mol. The molecule has 3 aliphatic heterocycles. The lowest BCUT2D eigenvalue weighted by atomic mass is 9.80. The SMILES string of the molecule is CC1CC(Nc2cc3ncccc3c(NC3C[C@H]4CCC[C@@H](C3)N4C(=O)C3(C(=O)C#N)CC3)n2)NN1. The van der Waals surface area contributed by atoms with Crippen LogP contribution in [0.25, 0.3) is 10.9 Å². The molecule has 3 saturated heterocycles. The summed E-state index contributed by atoms with van der Waals surface area (Å²) in [5, 5.41) is 17.3. The van der Waals surface area contributed by atoms with Crippen molar-refractivity contribution >= 4 is 34.2 Å². The van der Waals surface area contributed by atoms with Gasteiger partial charge in [-0.15, -0.1) is 0 Å². The molecule has 4 fully saturated rings. The van der Waals surface area contributed by atoms with Gasteiger partial charge in [0.05, 0.1) is 11.7 Å². The fraction of sp³-hybridized carbons (Fsp3) is 0.577. The molecular weight excluding hydrogens is 456 g/mol. The standard InChI is InChI=1S/C26H32N8O2/c1-15-10-23(33-32-15)30-22-13-20-19(6-3-9-28-20)24(31-22)29-16-11-17-4-2-5-18(12-16)34(17)25(36)26(7-8-26)21(35)14-27/h3,6,9,13,15-18,23,32-33H,2,4-5,7-8,10-12H2,1H3,(H2,29,30,31)/t15?,16?,17-,18+,23?. The average Bonchev–Trinajstić information content (AvgIpc) is 3.59. The molecule has 2 aromatic heterocycles. The summed E-state index contributed by atoms with van der Waals surface area (Å²) in [4.78, 5) is 37.2. The molecule has 0 aromatic carbocycles. The van der Waals surface area contributed by atoms with E-state index in [1.54, 1.807) is 12.3 Å². The van der Waals surface area contributed by atoms with Crippen LogP contribution in [0.2, 0.25) is 0 Å². The predicted molar refractivity (Wildman–Crippen MR) is 135 cm³/mol. The number of pyridine rings is 2. The van der Waals surface area contributed by atoms with Crippen molar-refractivity contribution in [3.8, 4) is 6.07 Å². The largest absolute Gasteiger partial charge is 0.367 e. The number of piperidine rings is 2. The smallest absolute Gasteiger partial charge is 0.247 e. The van der Waals surface area contributed by atoms with Gasteiger partial charge in [0.15, 0.2) is 0 Å². The molecule has 1 saturated carbocycles. The Hall–Kier alpha value is -3.29. The molecule has 0 radical (unpaired) electrons. The van der Waals surface area contributed by atoms with Crippen molar-refractivity contribution in [1.82, 2.24) is 25.7 Å². The highest BCUT2D eigenvalue weighted by Gasteiger charge is 2.60. The zero-order valence-corrected chi connectivity index (χ0v) is 20.5. The Kier molecular flexibility index (Phi) is 5.77. The Morgan fingerprint density at radius 1 is 1.17 bits per heavy atom. The highest BCUT2D eigenvalue weighted by molar-refractivity contribution is 6.15. The number of rotatable bonds is 6. The van der Waals surface area contributed by atoms with Crippen LogP contribution >= 0.6 is 0 Å².